The highest BCUT2D eigenvalue weighted by Crippen LogP contribution is 2.32. The van der Waals surface area contributed by atoms with Crippen molar-refractivity contribution in [3.63, 3.8) is 0 Å². The first-order valence-electron chi connectivity index (χ1n) is 11.0. The zero-order valence-corrected chi connectivity index (χ0v) is 19.1. The number of nitrogens with one attached hydrogen (secondary N) is 1. The van der Waals surface area contributed by atoms with Crippen LogP contribution in [0.3, 0.4) is 0 Å². The average molecular weight is 463 g/mol. The number of ether oxygens (including phenoxy) is 1. The molecule has 2 heterocycles. The second-order valence-electron chi connectivity index (χ2n) is 8.70. The molecule has 0 saturated carbocycles. The molecule has 4 rings (SSSR count). The summed E-state index contributed by atoms with van der Waals surface area (Å²) < 4.78 is 5.34. The van der Waals surface area contributed by atoms with Gasteiger partial charge in [0.15, 0.2) is 6.61 Å². The quantitative estimate of drug-likeness (QED) is 0.539. The van der Waals surface area contributed by atoms with Crippen LogP contribution in [0.5, 0.6) is 0 Å². The zero-order valence-electron chi connectivity index (χ0n) is 19.1. The van der Waals surface area contributed by atoms with Gasteiger partial charge in [-0.3, -0.25) is 24.1 Å². The molecule has 2 aliphatic rings. The first kappa shape index (κ1) is 23.2. The Bertz CT molecular complexity index is 1160. The molecule has 2 atom stereocenters. The summed E-state index contributed by atoms with van der Waals surface area (Å²) >= 11 is 0. The number of rotatable bonds is 5. The molecule has 2 aromatic carbocycles. The molecule has 0 saturated heterocycles. The Morgan fingerprint density at radius 2 is 1.59 bits per heavy atom. The number of carbonyl (C=O) groups is 5. The van der Waals surface area contributed by atoms with Crippen LogP contribution in [-0.4, -0.2) is 53.2 Å². The second-order valence-corrected chi connectivity index (χ2v) is 8.70. The number of anilines is 2. The maximum atomic E-state index is 13.1. The van der Waals surface area contributed by atoms with Gasteiger partial charge in [0, 0.05) is 12.5 Å². The lowest BCUT2D eigenvalue weighted by Crippen LogP contribution is -2.49. The minimum absolute atomic E-state index is 0.0814. The van der Waals surface area contributed by atoms with Gasteiger partial charge in [0.2, 0.25) is 5.91 Å². The molecule has 9 nitrogen and oxygen atoms in total. The molecule has 0 radical (unpaired) electrons. The molecule has 34 heavy (non-hydrogen) atoms. The number of esters is 1. The van der Waals surface area contributed by atoms with Crippen LogP contribution in [0.4, 0.5) is 11.4 Å². The molecule has 9 heteroatoms. The van der Waals surface area contributed by atoms with Crippen molar-refractivity contribution in [3.8, 4) is 0 Å². The van der Waals surface area contributed by atoms with E-state index in [1.54, 1.807) is 57.2 Å². The fourth-order valence-corrected chi connectivity index (χ4v) is 4.39. The summed E-state index contributed by atoms with van der Waals surface area (Å²) in [6.07, 6.45) is 0.0814. The second kappa shape index (κ2) is 9.09. The van der Waals surface area contributed by atoms with Crippen molar-refractivity contribution >= 4 is 41.0 Å². The molecule has 1 N–H and O–H groups in total. The van der Waals surface area contributed by atoms with Gasteiger partial charge in [-0.15, -0.1) is 0 Å². The molecular formula is C25H25N3O6. The molecule has 0 aliphatic carbocycles. The van der Waals surface area contributed by atoms with Crippen LogP contribution >= 0.6 is 0 Å². The Morgan fingerprint density at radius 3 is 2.21 bits per heavy atom. The van der Waals surface area contributed by atoms with Crippen LogP contribution in [0.15, 0.2) is 48.5 Å². The summed E-state index contributed by atoms with van der Waals surface area (Å²) in [7, 11) is 0. The smallest absolute Gasteiger partial charge is 0.330 e. The van der Waals surface area contributed by atoms with Gasteiger partial charge in [0.05, 0.1) is 22.5 Å². The molecule has 2 aromatic rings. The molecular weight excluding hydrogens is 438 g/mol. The molecule has 2 aliphatic heterocycles. The Morgan fingerprint density at radius 1 is 1.00 bits per heavy atom. The van der Waals surface area contributed by atoms with E-state index in [1.807, 2.05) is 0 Å². The lowest BCUT2D eigenvalue weighted by atomic mass is 10.0. The largest absolute Gasteiger partial charge is 0.454 e. The van der Waals surface area contributed by atoms with Crippen LogP contribution in [-0.2, 0) is 19.1 Å². The Balaban J connectivity index is 1.52. The SMILES string of the molecule is CC(C)C(C(=O)OCC(=O)N1c2ccccc2NC(=O)CC1C)N1C(=O)c2ccccc2C1=O. The normalized spacial score (nSPS) is 18.2. The Hall–Kier alpha value is -4.01. The summed E-state index contributed by atoms with van der Waals surface area (Å²) in [5.74, 6) is -3.16. The first-order valence-corrected chi connectivity index (χ1v) is 11.0. The van der Waals surface area contributed by atoms with Gasteiger partial charge >= 0.3 is 5.97 Å². The fraction of sp³-hybridized carbons (Fsp3) is 0.320. The van der Waals surface area contributed by atoms with Crippen LogP contribution in [0.25, 0.3) is 0 Å². The number of amides is 4. The summed E-state index contributed by atoms with van der Waals surface area (Å²) in [5.41, 5.74) is 1.45. The van der Waals surface area contributed by atoms with Crippen molar-refractivity contribution in [2.24, 2.45) is 5.92 Å². The minimum atomic E-state index is -1.18. The summed E-state index contributed by atoms with van der Waals surface area (Å²) in [5, 5.41) is 2.77. The number of para-hydroxylation sites is 2. The van der Waals surface area contributed by atoms with E-state index in [4.69, 9.17) is 4.74 Å². The number of imide groups is 1. The predicted molar refractivity (Wildman–Crippen MR) is 123 cm³/mol. The number of benzene rings is 2. The molecule has 0 spiro atoms. The number of hydrogen-bond acceptors (Lipinski definition) is 6. The van der Waals surface area contributed by atoms with E-state index >= 15 is 0 Å². The topological polar surface area (TPSA) is 113 Å². The van der Waals surface area contributed by atoms with Gasteiger partial charge in [0.25, 0.3) is 17.7 Å². The third kappa shape index (κ3) is 4.05. The fourth-order valence-electron chi connectivity index (χ4n) is 4.39. The van der Waals surface area contributed by atoms with E-state index in [9.17, 15) is 24.0 Å². The van der Waals surface area contributed by atoms with E-state index in [1.165, 1.54) is 17.0 Å². The standard InChI is InChI=1S/C25H25N3O6/c1-14(2)22(28-23(31)16-8-4-5-9-17(16)24(28)32)25(33)34-13-21(30)27-15(3)12-20(29)26-18-10-6-7-11-19(18)27/h4-11,14-15,22H,12-13H2,1-3H3,(H,26,29). The summed E-state index contributed by atoms with van der Waals surface area (Å²) in [6.45, 7) is 4.53. The van der Waals surface area contributed by atoms with Crippen LogP contribution in [0, 0.1) is 5.92 Å². The Labute approximate surface area is 196 Å². The molecule has 2 unspecified atom stereocenters. The third-order valence-electron chi connectivity index (χ3n) is 5.94. The highest BCUT2D eigenvalue weighted by atomic mass is 16.5. The van der Waals surface area contributed by atoms with Crippen molar-refractivity contribution in [2.75, 3.05) is 16.8 Å². The predicted octanol–water partition coefficient (Wildman–Crippen LogP) is 2.61. The summed E-state index contributed by atoms with van der Waals surface area (Å²) in [4.78, 5) is 66.4. The van der Waals surface area contributed by atoms with E-state index in [2.05, 4.69) is 5.32 Å². The highest BCUT2D eigenvalue weighted by Gasteiger charge is 2.45. The van der Waals surface area contributed by atoms with Crippen LogP contribution < -0.4 is 10.2 Å². The molecule has 0 aromatic heterocycles. The lowest BCUT2D eigenvalue weighted by molar-refractivity contribution is -0.153. The zero-order chi connectivity index (χ0) is 24.6. The van der Waals surface area contributed by atoms with Crippen LogP contribution in [0.1, 0.15) is 47.9 Å². The number of fused-ring (bicyclic) bond motifs is 2. The Kier molecular flexibility index (Phi) is 6.19. The number of nitrogens with zero attached hydrogens (tertiary/aromatic N) is 2. The van der Waals surface area contributed by atoms with Crippen molar-refractivity contribution in [2.45, 2.75) is 39.3 Å². The van der Waals surface area contributed by atoms with Gasteiger partial charge < -0.3 is 15.0 Å². The van der Waals surface area contributed by atoms with Gasteiger partial charge in [-0.05, 0) is 37.1 Å². The summed E-state index contributed by atoms with van der Waals surface area (Å²) in [6, 6.07) is 11.6. The maximum Gasteiger partial charge on any atom is 0.330 e. The van der Waals surface area contributed by atoms with Gasteiger partial charge in [0.1, 0.15) is 6.04 Å². The van der Waals surface area contributed by atoms with Crippen molar-refractivity contribution in [3.05, 3.63) is 59.7 Å². The molecule has 0 fully saturated rings. The maximum absolute atomic E-state index is 13.1. The molecule has 0 bridgehead atoms. The van der Waals surface area contributed by atoms with Gasteiger partial charge in [-0.1, -0.05) is 38.1 Å². The average Bonchev–Trinajstić information content (AvgIpc) is 2.95. The number of hydrogen-bond donors (Lipinski definition) is 1. The van der Waals surface area contributed by atoms with Crippen LogP contribution in [0.2, 0.25) is 0 Å². The molecule has 176 valence electrons. The first-order chi connectivity index (χ1) is 16.2. The highest BCUT2D eigenvalue weighted by molar-refractivity contribution is 6.22. The lowest BCUT2D eigenvalue weighted by Gasteiger charge is -2.29. The van der Waals surface area contributed by atoms with E-state index < -0.39 is 48.3 Å². The van der Waals surface area contributed by atoms with E-state index in [0.717, 1.165) is 4.90 Å². The third-order valence-corrected chi connectivity index (χ3v) is 5.94. The monoisotopic (exact) mass is 463 g/mol. The van der Waals surface area contributed by atoms with Crippen molar-refractivity contribution in [1.29, 1.82) is 0 Å². The van der Waals surface area contributed by atoms with E-state index in [-0.39, 0.29) is 23.5 Å². The van der Waals surface area contributed by atoms with Gasteiger partial charge in [-0.25, -0.2) is 4.79 Å². The number of carbonyl (C=O) groups excluding carboxylic acids is 5. The molecule has 4 amide bonds. The van der Waals surface area contributed by atoms with Gasteiger partial charge in [-0.2, -0.15) is 0 Å². The van der Waals surface area contributed by atoms with Crippen molar-refractivity contribution in [1.82, 2.24) is 4.90 Å². The van der Waals surface area contributed by atoms with Crippen molar-refractivity contribution < 1.29 is 28.7 Å². The van der Waals surface area contributed by atoms with E-state index in [0.29, 0.717) is 11.4 Å². The minimum Gasteiger partial charge on any atom is -0.454 e.